The fourth-order valence-corrected chi connectivity index (χ4v) is 6.63. The summed E-state index contributed by atoms with van der Waals surface area (Å²) in [5, 5.41) is 1.93. The van der Waals surface area contributed by atoms with Gasteiger partial charge in [-0.15, -0.1) is 11.8 Å². The number of hydrogen-bond donors (Lipinski definition) is 0. The van der Waals surface area contributed by atoms with Crippen LogP contribution in [0.4, 0.5) is 13.6 Å². The molecule has 1 saturated heterocycles. The van der Waals surface area contributed by atoms with E-state index in [0.29, 0.717) is 24.9 Å². The summed E-state index contributed by atoms with van der Waals surface area (Å²) in [5.41, 5.74) is 1.04. The molecule has 1 unspecified atom stereocenters. The highest BCUT2D eigenvalue weighted by Crippen LogP contribution is 2.46. The quantitative estimate of drug-likeness (QED) is 0.350. The van der Waals surface area contributed by atoms with Crippen molar-refractivity contribution in [3.8, 4) is 5.75 Å². The number of ether oxygens (including phenoxy) is 3. The second-order valence-corrected chi connectivity index (χ2v) is 10.2. The number of pyridine rings is 1. The number of rotatable bonds is 4. The average Bonchev–Trinajstić information content (AvgIpc) is 3.37. The summed E-state index contributed by atoms with van der Waals surface area (Å²) in [5.74, 6) is -2.31. The zero-order chi connectivity index (χ0) is 27.3. The average molecular weight is 556 g/mol. The normalized spacial score (nSPS) is 19.4. The maximum absolute atomic E-state index is 15.2. The topological polar surface area (TPSA) is 90.3 Å². The molecule has 2 aromatic carbocycles. The zero-order valence-electron chi connectivity index (χ0n) is 20.8. The third-order valence-electron chi connectivity index (χ3n) is 7.20. The molecule has 3 aliphatic rings. The molecule has 1 aromatic heterocycles. The molecule has 12 heteroatoms. The molecule has 4 heterocycles. The lowest BCUT2D eigenvalue weighted by Crippen LogP contribution is -2.60. The molecule has 0 N–H and O–H groups in total. The van der Waals surface area contributed by atoms with Crippen LogP contribution < -0.4 is 15.2 Å². The summed E-state index contributed by atoms with van der Waals surface area (Å²) in [7, 11) is 1.13. The Kier molecular flexibility index (Phi) is 6.42. The maximum Gasteiger partial charge on any atom is 0.510 e. The highest BCUT2D eigenvalue weighted by Gasteiger charge is 2.47. The van der Waals surface area contributed by atoms with Crippen molar-refractivity contribution in [3.05, 3.63) is 92.9 Å². The predicted octanol–water partition coefficient (Wildman–Crippen LogP) is 4.15. The Balaban J connectivity index is 1.57. The van der Waals surface area contributed by atoms with Gasteiger partial charge in [0.05, 0.1) is 13.2 Å². The van der Waals surface area contributed by atoms with Gasteiger partial charge in [0.2, 0.25) is 18.0 Å². The molecular formula is C27H23F2N3O6S. The molecule has 1 fully saturated rings. The van der Waals surface area contributed by atoms with Crippen molar-refractivity contribution in [1.29, 1.82) is 0 Å². The molecule has 6 rings (SSSR count). The molecule has 0 spiro atoms. The number of methoxy groups -OCH3 is 1. The fraction of sp³-hybridized carbons (Fsp3) is 0.296. The van der Waals surface area contributed by atoms with E-state index in [-0.39, 0.29) is 22.8 Å². The summed E-state index contributed by atoms with van der Waals surface area (Å²) in [4.78, 5) is 40.6. The Morgan fingerprint density at radius 2 is 1.92 bits per heavy atom. The second kappa shape index (κ2) is 9.92. The van der Waals surface area contributed by atoms with Crippen LogP contribution in [0.5, 0.6) is 5.75 Å². The minimum atomic E-state index is -1.01. The summed E-state index contributed by atoms with van der Waals surface area (Å²) in [6.45, 7) is -0.208. The van der Waals surface area contributed by atoms with Crippen LogP contribution in [0.2, 0.25) is 0 Å². The lowest BCUT2D eigenvalue weighted by Gasteiger charge is -2.47. The highest BCUT2D eigenvalue weighted by molar-refractivity contribution is 7.98. The molecule has 39 heavy (non-hydrogen) atoms. The van der Waals surface area contributed by atoms with Gasteiger partial charge in [0.1, 0.15) is 6.17 Å². The molecule has 0 aliphatic carbocycles. The molecule has 3 aromatic rings. The largest absolute Gasteiger partial charge is 0.510 e. The molecule has 3 aliphatic heterocycles. The smallest absolute Gasteiger partial charge is 0.451 e. The molecule has 2 atom stereocenters. The van der Waals surface area contributed by atoms with Gasteiger partial charge in [-0.1, -0.05) is 24.3 Å². The van der Waals surface area contributed by atoms with Gasteiger partial charge in [-0.05, 0) is 36.1 Å². The number of carbonyl (C=O) groups excluding carboxylic acids is 2. The summed E-state index contributed by atoms with van der Waals surface area (Å²) >= 11 is 1.41. The van der Waals surface area contributed by atoms with E-state index in [2.05, 4.69) is 4.74 Å². The van der Waals surface area contributed by atoms with Crippen LogP contribution in [-0.4, -0.2) is 48.3 Å². The van der Waals surface area contributed by atoms with Crippen LogP contribution >= 0.6 is 11.8 Å². The maximum atomic E-state index is 15.2. The van der Waals surface area contributed by atoms with Crippen LogP contribution in [0, 0.1) is 11.6 Å². The van der Waals surface area contributed by atoms with E-state index in [1.54, 1.807) is 15.6 Å². The van der Waals surface area contributed by atoms with E-state index in [9.17, 15) is 18.8 Å². The van der Waals surface area contributed by atoms with Gasteiger partial charge in [-0.3, -0.25) is 19.3 Å². The first-order valence-corrected chi connectivity index (χ1v) is 13.3. The van der Waals surface area contributed by atoms with Gasteiger partial charge in [-0.25, -0.2) is 13.6 Å². The van der Waals surface area contributed by atoms with Crippen LogP contribution in [0.25, 0.3) is 0 Å². The van der Waals surface area contributed by atoms with E-state index in [1.165, 1.54) is 24.0 Å². The number of carbonyl (C=O) groups is 2. The minimum absolute atomic E-state index is 0.0485. The first-order valence-electron chi connectivity index (χ1n) is 12.3. The van der Waals surface area contributed by atoms with Gasteiger partial charge >= 0.3 is 6.16 Å². The Labute approximate surface area is 225 Å². The number of hydrogen-bond acceptors (Lipinski definition) is 8. The van der Waals surface area contributed by atoms with Crippen molar-refractivity contribution in [3.63, 3.8) is 0 Å². The number of nitrogens with zero attached hydrogens (tertiary/aromatic N) is 3. The third-order valence-corrected chi connectivity index (χ3v) is 8.31. The van der Waals surface area contributed by atoms with Gasteiger partial charge in [-0.2, -0.15) is 0 Å². The van der Waals surface area contributed by atoms with Crippen molar-refractivity contribution in [2.45, 2.75) is 35.7 Å². The van der Waals surface area contributed by atoms with E-state index in [1.807, 2.05) is 29.3 Å². The zero-order valence-corrected chi connectivity index (χ0v) is 21.6. The first kappa shape index (κ1) is 25.2. The highest BCUT2D eigenvalue weighted by atomic mass is 32.2. The molecule has 9 nitrogen and oxygen atoms in total. The van der Waals surface area contributed by atoms with Crippen LogP contribution in [0.15, 0.2) is 58.4 Å². The summed E-state index contributed by atoms with van der Waals surface area (Å²) in [6, 6.07) is 11.0. The van der Waals surface area contributed by atoms with Crippen molar-refractivity contribution in [2.24, 2.45) is 0 Å². The van der Waals surface area contributed by atoms with Crippen molar-refractivity contribution in [1.82, 2.24) is 9.58 Å². The first-order chi connectivity index (χ1) is 18.9. The fourth-order valence-electron chi connectivity index (χ4n) is 5.52. The Morgan fingerprint density at radius 1 is 1.10 bits per heavy atom. The van der Waals surface area contributed by atoms with Gasteiger partial charge in [0, 0.05) is 35.0 Å². The molecule has 202 valence electrons. The number of thioether (sulfide) groups is 1. The number of halogens is 2. The van der Waals surface area contributed by atoms with E-state index < -0.39 is 48.1 Å². The van der Waals surface area contributed by atoms with E-state index in [4.69, 9.17) is 9.47 Å². The van der Waals surface area contributed by atoms with Crippen LogP contribution in [-0.2, 0) is 15.2 Å². The van der Waals surface area contributed by atoms with Crippen LogP contribution in [0.3, 0.4) is 0 Å². The Morgan fingerprint density at radius 3 is 2.74 bits per heavy atom. The molecule has 1 amide bonds. The second-order valence-electron chi connectivity index (χ2n) is 9.22. The van der Waals surface area contributed by atoms with Crippen LogP contribution in [0.1, 0.15) is 46.1 Å². The van der Waals surface area contributed by atoms with Crippen molar-refractivity contribution < 1.29 is 32.6 Å². The summed E-state index contributed by atoms with van der Waals surface area (Å²) < 4.78 is 45.9. The van der Waals surface area contributed by atoms with Gasteiger partial charge in [0.15, 0.2) is 17.3 Å². The molecule has 0 saturated carbocycles. The predicted molar refractivity (Wildman–Crippen MR) is 136 cm³/mol. The Hall–Kier alpha value is -4.06. The monoisotopic (exact) mass is 555 g/mol. The molecule has 0 radical (unpaired) electrons. The van der Waals surface area contributed by atoms with E-state index in [0.717, 1.165) is 23.6 Å². The number of benzene rings is 2. The molecular weight excluding hydrogens is 532 g/mol. The van der Waals surface area contributed by atoms with E-state index >= 15 is 4.39 Å². The van der Waals surface area contributed by atoms with Gasteiger partial charge < -0.3 is 19.1 Å². The molecule has 0 bridgehead atoms. The third kappa shape index (κ3) is 4.10. The number of aromatic nitrogens is 1. The van der Waals surface area contributed by atoms with Crippen molar-refractivity contribution in [2.75, 3.05) is 25.5 Å². The lowest BCUT2D eigenvalue weighted by molar-refractivity contribution is 0.0133. The standard InChI is InChI=1S/C27H23F2N3O6S/c1-36-27(35)38-14-37-25-19(33)10-12-31-24(25)26(34)30-11-4-7-21(30)32(31)23-15-8-9-18(28)22(29)17(15)13-39-20-6-3-2-5-16(20)23/h2-3,5-6,8-10,12,21,23H,4,7,11,13-14H2,1H3/t21?,23-/m0/s1. The minimum Gasteiger partial charge on any atom is -0.451 e. The summed E-state index contributed by atoms with van der Waals surface area (Å²) in [6.07, 6.45) is 1.39. The SMILES string of the molecule is COC(=O)OCOc1c2n(ccc1=O)N([C@@H]1c3ccccc3SCc3c1ccc(F)c3F)C1CCCN1C2=O. The van der Waals surface area contributed by atoms with Gasteiger partial charge in [0.25, 0.3) is 5.91 Å². The number of amides is 1. The Bertz CT molecular complexity index is 1550. The lowest BCUT2D eigenvalue weighted by atomic mass is 9.93. The number of fused-ring (bicyclic) bond motifs is 4. The van der Waals surface area contributed by atoms with Crippen molar-refractivity contribution >= 4 is 23.8 Å².